The summed E-state index contributed by atoms with van der Waals surface area (Å²) in [5.74, 6) is 0.738. The van der Waals surface area contributed by atoms with Crippen LogP contribution < -0.4 is 0 Å². The molecule has 5 rings (SSSR count). The van der Waals surface area contributed by atoms with Gasteiger partial charge in [0.2, 0.25) is 0 Å². The fraction of sp³-hybridized carbons (Fsp3) is 0.250. The molecule has 0 radical (unpaired) electrons. The summed E-state index contributed by atoms with van der Waals surface area (Å²) in [5, 5.41) is 0. The average Bonchev–Trinajstić information content (AvgIpc) is 3.34. The van der Waals surface area contributed by atoms with Crippen molar-refractivity contribution < 1.29 is 18.0 Å². The van der Waals surface area contributed by atoms with Crippen molar-refractivity contribution in [2.24, 2.45) is 0 Å². The molecule has 0 unspecified atom stereocenters. The minimum absolute atomic E-state index is 0.0169. The van der Waals surface area contributed by atoms with Gasteiger partial charge in [0.1, 0.15) is 17.4 Å². The molecule has 2 aromatic heterocycles. The fourth-order valence-electron chi connectivity index (χ4n) is 4.51. The summed E-state index contributed by atoms with van der Waals surface area (Å²) in [5.41, 5.74) is 3.03. The summed E-state index contributed by atoms with van der Waals surface area (Å²) in [6.07, 6.45) is 6.07. The molecule has 5 nitrogen and oxygen atoms in total. The quantitative estimate of drug-likeness (QED) is 0.369. The van der Waals surface area contributed by atoms with E-state index < -0.39 is 0 Å². The molecule has 1 fully saturated rings. The molecular weight excluding hydrogens is 448 g/mol. The van der Waals surface area contributed by atoms with Crippen molar-refractivity contribution in [3.05, 3.63) is 119 Å². The minimum Gasteiger partial charge on any atom is -0.445 e. The van der Waals surface area contributed by atoms with Crippen molar-refractivity contribution in [3.8, 4) is 0 Å². The molecule has 0 saturated carbocycles. The van der Waals surface area contributed by atoms with Crippen molar-refractivity contribution in [1.29, 1.82) is 0 Å². The topological polar surface area (TPSA) is 59.2 Å². The number of hydrogen-bond donors (Lipinski definition) is 0. The van der Waals surface area contributed by atoms with E-state index in [4.69, 9.17) is 4.42 Å². The van der Waals surface area contributed by atoms with Gasteiger partial charge in [-0.1, -0.05) is 24.3 Å². The van der Waals surface area contributed by atoms with E-state index in [2.05, 4.69) is 9.97 Å². The first kappa shape index (κ1) is 22.9. The Labute approximate surface area is 202 Å². The number of piperidine rings is 1. The maximum Gasteiger partial charge on any atom is 0.253 e. The number of nitrogens with zero attached hydrogens (tertiary/aromatic N) is 3. The zero-order valence-corrected chi connectivity index (χ0v) is 19.2. The maximum absolute atomic E-state index is 13.5. The smallest absolute Gasteiger partial charge is 0.253 e. The molecule has 1 aliphatic heterocycles. The first-order valence-electron chi connectivity index (χ1n) is 11.7. The second-order valence-corrected chi connectivity index (χ2v) is 8.90. The molecule has 1 aliphatic rings. The van der Waals surface area contributed by atoms with E-state index in [0.29, 0.717) is 48.8 Å². The molecule has 3 heterocycles. The van der Waals surface area contributed by atoms with Gasteiger partial charge in [0.15, 0.2) is 5.89 Å². The third-order valence-corrected chi connectivity index (χ3v) is 6.26. The molecule has 0 spiro atoms. The number of hydrogen-bond acceptors (Lipinski definition) is 4. The van der Waals surface area contributed by atoms with Crippen LogP contribution in [-0.2, 0) is 12.8 Å². The first-order chi connectivity index (χ1) is 17.0. The van der Waals surface area contributed by atoms with Crippen LogP contribution in [0.3, 0.4) is 0 Å². The van der Waals surface area contributed by atoms with Crippen molar-refractivity contribution in [2.45, 2.75) is 31.6 Å². The SMILES string of the molecule is O=C(c1ccnc(Cc2cccc(F)c2)c1)N1CCC[C@@H](c2ncc(Cc3ccc(F)cc3)o2)C1. The lowest BCUT2D eigenvalue weighted by atomic mass is 9.97. The van der Waals surface area contributed by atoms with Gasteiger partial charge in [-0.2, -0.15) is 0 Å². The molecule has 1 amide bonds. The monoisotopic (exact) mass is 473 g/mol. The standard InChI is InChI=1S/C28H25F2N3O2/c29-23-8-6-19(7-9-23)15-26-17-32-27(35-26)22-4-2-12-33(18-22)28(34)21-10-11-31-25(16-21)14-20-3-1-5-24(30)13-20/h1,3,5-11,13,16-17,22H,2,4,12,14-15,18H2/t22-/m1/s1. The number of aromatic nitrogens is 2. The van der Waals surface area contributed by atoms with Crippen molar-refractivity contribution in [3.63, 3.8) is 0 Å². The summed E-state index contributed by atoms with van der Waals surface area (Å²) in [6.45, 7) is 1.19. The zero-order valence-electron chi connectivity index (χ0n) is 19.2. The fourth-order valence-corrected chi connectivity index (χ4v) is 4.51. The number of amides is 1. The first-order valence-corrected chi connectivity index (χ1v) is 11.7. The van der Waals surface area contributed by atoms with Crippen LogP contribution in [0.5, 0.6) is 0 Å². The van der Waals surface area contributed by atoms with Crippen molar-refractivity contribution >= 4 is 5.91 Å². The van der Waals surface area contributed by atoms with Gasteiger partial charge in [-0.3, -0.25) is 9.78 Å². The number of likely N-dealkylation sites (tertiary alicyclic amines) is 1. The summed E-state index contributed by atoms with van der Waals surface area (Å²) >= 11 is 0. The Bertz CT molecular complexity index is 1320. The van der Waals surface area contributed by atoms with Crippen LogP contribution in [0.2, 0.25) is 0 Å². The van der Waals surface area contributed by atoms with Gasteiger partial charge in [0.05, 0.1) is 12.1 Å². The highest BCUT2D eigenvalue weighted by Crippen LogP contribution is 2.28. The molecule has 0 N–H and O–H groups in total. The van der Waals surface area contributed by atoms with E-state index in [-0.39, 0.29) is 23.5 Å². The lowest BCUT2D eigenvalue weighted by Gasteiger charge is -2.31. The largest absolute Gasteiger partial charge is 0.445 e. The van der Waals surface area contributed by atoms with Gasteiger partial charge in [-0.05, 0) is 60.4 Å². The Morgan fingerprint density at radius 3 is 2.66 bits per heavy atom. The Balaban J connectivity index is 1.25. The number of oxazole rings is 1. The molecule has 7 heteroatoms. The zero-order chi connectivity index (χ0) is 24.2. The van der Waals surface area contributed by atoms with E-state index in [9.17, 15) is 13.6 Å². The molecule has 178 valence electrons. The lowest BCUT2D eigenvalue weighted by Crippen LogP contribution is -2.39. The number of benzene rings is 2. The van der Waals surface area contributed by atoms with Crippen LogP contribution >= 0.6 is 0 Å². The highest BCUT2D eigenvalue weighted by molar-refractivity contribution is 5.94. The highest BCUT2D eigenvalue weighted by Gasteiger charge is 2.28. The number of carbonyl (C=O) groups excluding carboxylic acids is 1. The van der Waals surface area contributed by atoms with Gasteiger partial charge in [0.25, 0.3) is 5.91 Å². The van der Waals surface area contributed by atoms with Crippen LogP contribution in [0.4, 0.5) is 8.78 Å². The molecular formula is C28H25F2N3O2. The lowest BCUT2D eigenvalue weighted by molar-refractivity contribution is 0.0697. The Kier molecular flexibility index (Phi) is 6.66. The van der Waals surface area contributed by atoms with Gasteiger partial charge < -0.3 is 9.32 Å². The third kappa shape index (κ3) is 5.62. The predicted octanol–water partition coefficient (Wildman–Crippen LogP) is 5.55. The molecule has 4 aromatic rings. The Morgan fingerprint density at radius 2 is 1.83 bits per heavy atom. The van der Waals surface area contributed by atoms with Crippen LogP contribution in [0.1, 0.15) is 57.6 Å². The number of halogens is 2. The number of rotatable bonds is 6. The average molecular weight is 474 g/mol. The Hall–Kier alpha value is -3.87. The summed E-state index contributed by atoms with van der Waals surface area (Å²) in [4.78, 5) is 23.9. The summed E-state index contributed by atoms with van der Waals surface area (Å²) in [7, 11) is 0. The molecule has 0 aliphatic carbocycles. The van der Waals surface area contributed by atoms with E-state index in [1.807, 2.05) is 11.0 Å². The van der Waals surface area contributed by atoms with Gasteiger partial charge in [0, 0.05) is 43.4 Å². The molecule has 2 aromatic carbocycles. The molecule has 0 bridgehead atoms. The predicted molar refractivity (Wildman–Crippen MR) is 127 cm³/mol. The maximum atomic E-state index is 13.5. The summed E-state index contributed by atoms with van der Waals surface area (Å²) < 4.78 is 32.7. The van der Waals surface area contributed by atoms with E-state index in [1.54, 1.807) is 42.7 Å². The van der Waals surface area contributed by atoms with Gasteiger partial charge in [-0.15, -0.1) is 0 Å². The summed E-state index contributed by atoms with van der Waals surface area (Å²) in [6, 6.07) is 16.2. The van der Waals surface area contributed by atoms with Crippen LogP contribution in [-0.4, -0.2) is 33.9 Å². The van der Waals surface area contributed by atoms with Crippen LogP contribution in [0.15, 0.2) is 77.5 Å². The molecule has 1 saturated heterocycles. The highest BCUT2D eigenvalue weighted by atomic mass is 19.1. The van der Waals surface area contributed by atoms with E-state index in [1.165, 1.54) is 24.3 Å². The van der Waals surface area contributed by atoms with Crippen LogP contribution in [0, 0.1) is 11.6 Å². The van der Waals surface area contributed by atoms with Crippen molar-refractivity contribution in [2.75, 3.05) is 13.1 Å². The van der Waals surface area contributed by atoms with E-state index in [0.717, 1.165) is 24.0 Å². The third-order valence-electron chi connectivity index (χ3n) is 6.26. The second-order valence-electron chi connectivity index (χ2n) is 8.90. The van der Waals surface area contributed by atoms with Crippen molar-refractivity contribution in [1.82, 2.24) is 14.9 Å². The number of pyridine rings is 1. The second kappa shape index (κ2) is 10.2. The molecule has 35 heavy (non-hydrogen) atoms. The normalized spacial score (nSPS) is 15.8. The minimum atomic E-state index is -0.290. The van der Waals surface area contributed by atoms with Gasteiger partial charge >= 0.3 is 0 Å². The van der Waals surface area contributed by atoms with Crippen LogP contribution in [0.25, 0.3) is 0 Å². The van der Waals surface area contributed by atoms with E-state index >= 15 is 0 Å². The Morgan fingerprint density at radius 1 is 0.971 bits per heavy atom. The van der Waals surface area contributed by atoms with Gasteiger partial charge in [-0.25, -0.2) is 13.8 Å². The molecule has 1 atom stereocenters. The number of carbonyl (C=O) groups is 1.